The molecule has 2 amide bonds. The summed E-state index contributed by atoms with van der Waals surface area (Å²) in [6.07, 6.45) is 3.49. The summed E-state index contributed by atoms with van der Waals surface area (Å²) in [6, 6.07) is 2.11. The number of nitrogens with one attached hydrogen (secondary N) is 3. The molecule has 9 nitrogen and oxygen atoms in total. The van der Waals surface area contributed by atoms with Gasteiger partial charge in [0.25, 0.3) is 0 Å². The van der Waals surface area contributed by atoms with Crippen LogP contribution in [0.15, 0.2) is 36.7 Å². The van der Waals surface area contributed by atoms with Crippen LogP contribution in [-0.4, -0.2) is 61.2 Å². The Labute approximate surface area is 213 Å². The van der Waals surface area contributed by atoms with Gasteiger partial charge in [0, 0.05) is 56.3 Å². The number of carbonyl (C=O) groups excluding carboxylic acids is 2. The van der Waals surface area contributed by atoms with Gasteiger partial charge in [-0.25, -0.2) is 21.6 Å². The van der Waals surface area contributed by atoms with E-state index < -0.39 is 62.7 Å². The molecule has 1 aromatic carbocycles. The lowest BCUT2D eigenvalue weighted by Gasteiger charge is -2.35. The quantitative estimate of drug-likeness (QED) is 0.419. The second kappa shape index (κ2) is 12.5. The predicted molar refractivity (Wildman–Crippen MR) is 130 cm³/mol. The normalized spacial score (nSPS) is 17.4. The van der Waals surface area contributed by atoms with E-state index in [1.807, 2.05) is 13.8 Å². The molecule has 3 rings (SSSR count). The molecule has 202 valence electrons. The molecule has 1 aliphatic rings. The Kier molecular flexibility index (Phi) is 9.62. The second-order valence-electron chi connectivity index (χ2n) is 9.20. The molecule has 37 heavy (non-hydrogen) atoms. The number of benzene rings is 1. The molecule has 0 unspecified atom stereocenters. The zero-order valence-electron chi connectivity index (χ0n) is 20.5. The van der Waals surface area contributed by atoms with Gasteiger partial charge in [-0.2, -0.15) is 4.31 Å². The predicted octanol–water partition coefficient (Wildman–Crippen LogP) is 1.45. The number of aromatic nitrogens is 1. The molecule has 2 aromatic rings. The van der Waals surface area contributed by atoms with Gasteiger partial charge in [0.2, 0.25) is 21.8 Å². The van der Waals surface area contributed by atoms with Crippen LogP contribution in [0, 0.1) is 23.4 Å². The molecule has 2 heterocycles. The highest BCUT2D eigenvalue weighted by atomic mass is 32.2. The van der Waals surface area contributed by atoms with E-state index >= 15 is 0 Å². The first kappa shape index (κ1) is 28.5. The van der Waals surface area contributed by atoms with Crippen LogP contribution in [0.25, 0.3) is 0 Å². The molecule has 2 atom stereocenters. The number of nitrogens with zero attached hydrogens (tertiary/aromatic N) is 2. The number of halogens is 3. The number of hydrogen-bond donors (Lipinski definition) is 3. The van der Waals surface area contributed by atoms with Crippen molar-refractivity contribution in [3.63, 3.8) is 0 Å². The minimum absolute atomic E-state index is 0.0307. The fourth-order valence-electron chi connectivity index (χ4n) is 4.00. The number of carbonyl (C=O) groups is 2. The van der Waals surface area contributed by atoms with Crippen molar-refractivity contribution in [3.8, 4) is 0 Å². The smallest absolute Gasteiger partial charge is 0.242 e. The van der Waals surface area contributed by atoms with Crippen LogP contribution in [0.5, 0.6) is 0 Å². The third-order valence-electron chi connectivity index (χ3n) is 5.82. The van der Waals surface area contributed by atoms with Crippen molar-refractivity contribution in [1.29, 1.82) is 0 Å². The summed E-state index contributed by atoms with van der Waals surface area (Å²) in [5, 5.41) is 8.32. The largest absolute Gasteiger partial charge is 0.350 e. The topological polar surface area (TPSA) is 121 Å². The number of rotatable bonds is 10. The van der Waals surface area contributed by atoms with Crippen molar-refractivity contribution in [2.75, 3.05) is 19.6 Å². The lowest BCUT2D eigenvalue weighted by atomic mass is 10.0. The van der Waals surface area contributed by atoms with E-state index in [1.54, 1.807) is 24.5 Å². The van der Waals surface area contributed by atoms with Crippen LogP contribution in [0.2, 0.25) is 0 Å². The molecule has 1 fully saturated rings. The number of hydrogen-bond acceptors (Lipinski definition) is 6. The van der Waals surface area contributed by atoms with E-state index in [0.29, 0.717) is 18.6 Å². The van der Waals surface area contributed by atoms with Crippen LogP contribution in [-0.2, 0) is 31.9 Å². The average molecular weight is 542 g/mol. The van der Waals surface area contributed by atoms with Gasteiger partial charge in [0.1, 0.15) is 29.5 Å². The van der Waals surface area contributed by atoms with Crippen molar-refractivity contribution in [3.05, 3.63) is 65.2 Å². The van der Waals surface area contributed by atoms with E-state index in [2.05, 4.69) is 20.9 Å². The first-order valence-electron chi connectivity index (χ1n) is 11.8. The number of piperazine rings is 1. The molecule has 0 bridgehead atoms. The summed E-state index contributed by atoms with van der Waals surface area (Å²) >= 11 is 0. The fraction of sp³-hybridized carbons (Fsp3) is 0.458. The summed E-state index contributed by atoms with van der Waals surface area (Å²) in [5.41, 5.74) is -0.0500. The first-order chi connectivity index (χ1) is 17.5. The molecule has 1 saturated heterocycles. The molecule has 3 N–H and O–H groups in total. The van der Waals surface area contributed by atoms with Gasteiger partial charge in [-0.3, -0.25) is 14.6 Å². The van der Waals surface area contributed by atoms with E-state index in [0.717, 1.165) is 9.87 Å². The van der Waals surface area contributed by atoms with E-state index in [9.17, 15) is 31.2 Å². The summed E-state index contributed by atoms with van der Waals surface area (Å²) < 4.78 is 68.6. The zero-order valence-corrected chi connectivity index (χ0v) is 21.3. The minimum atomic E-state index is -4.39. The van der Waals surface area contributed by atoms with E-state index in [-0.39, 0.29) is 32.1 Å². The van der Waals surface area contributed by atoms with Gasteiger partial charge >= 0.3 is 0 Å². The summed E-state index contributed by atoms with van der Waals surface area (Å²) in [4.78, 5) is 30.1. The van der Waals surface area contributed by atoms with Crippen LogP contribution in [0.1, 0.15) is 31.4 Å². The molecule has 0 radical (unpaired) electrons. The van der Waals surface area contributed by atoms with Gasteiger partial charge < -0.3 is 16.0 Å². The maximum Gasteiger partial charge on any atom is 0.242 e. The molecular formula is C24H30F3N5O4S. The Morgan fingerprint density at radius 2 is 1.92 bits per heavy atom. The van der Waals surface area contributed by atoms with Crippen molar-refractivity contribution < 1.29 is 31.2 Å². The maximum absolute atomic E-state index is 14.1. The van der Waals surface area contributed by atoms with Crippen LogP contribution in [0.4, 0.5) is 13.2 Å². The summed E-state index contributed by atoms with van der Waals surface area (Å²) in [6.45, 7) is 3.95. The van der Waals surface area contributed by atoms with Crippen LogP contribution in [0.3, 0.4) is 0 Å². The highest BCUT2D eigenvalue weighted by Crippen LogP contribution is 2.21. The molecule has 13 heteroatoms. The van der Waals surface area contributed by atoms with Gasteiger partial charge in [0.15, 0.2) is 0 Å². The Morgan fingerprint density at radius 1 is 1.22 bits per heavy atom. The molecule has 1 aliphatic heterocycles. The highest BCUT2D eigenvalue weighted by molar-refractivity contribution is 7.88. The Bertz CT molecular complexity index is 1190. The maximum atomic E-state index is 14.1. The van der Waals surface area contributed by atoms with Gasteiger partial charge in [-0.05, 0) is 24.0 Å². The number of pyridine rings is 1. The zero-order chi connectivity index (χ0) is 27.2. The SMILES string of the molecule is CC(C)C[C@H](NC(=O)[C@@H]1CNCCN1S(=O)(=O)Cc1c(F)cc(F)cc1F)C(=O)NCc1cccnc1. The highest BCUT2D eigenvalue weighted by Gasteiger charge is 2.39. The summed E-state index contributed by atoms with van der Waals surface area (Å²) in [5.74, 6) is -6.07. The van der Waals surface area contributed by atoms with Crippen molar-refractivity contribution in [1.82, 2.24) is 25.2 Å². The molecular weight excluding hydrogens is 511 g/mol. The number of amides is 2. The molecule has 0 saturated carbocycles. The Balaban J connectivity index is 1.75. The van der Waals surface area contributed by atoms with Crippen molar-refractivity contribution >= 4 is 21.8 Å². The van der Waals surface area contributed by atoms with E-state index in [4.69, 9.17) is 0 Å². The summed E-state index contributed by atoms with van der Waals surface area (Å²) in [7, 11) is -4.39. The van der Waals surface area contributed by atoms with Gasteiger partial charge in [-0.1, -0.05) is 19.9 Å². The third kappa shape index (κ3) is 7.73. The fourth-order valence-corrected chi connectivity index (χ4v) is 5.74. The molecule has 0 spiro atoms. The molecule has 0 aliphatic carbocycles. The Hall–Kier alpha value is -3.03. The molecule has 1 aromatic heterocycles. The standard InChI is InChI=1S/C24H30F3N5O4S/c1-15(2)8-21(23(33)30-12-16-4-3-5-28-11-16)31-24(34)22-13-29-6-7-32(22)37(35,36)14-18-19(26)9-17(25)10-20(18)27/h3-5,9-11,15,21-22,29H,6-8,12-14H2,1-2H3,(H,30,33)(H,31,34)/t21-,22-/m0/s1. The van der Waals surface area contributed by atoms with Gasteiger partial charge in [-0.15, -0.1) is 0 Å². The first-order valence-corrected chi connectivity index (χ1v) is 13.4. The van der Waals surface area contributed by atoms with Crippen molar-refractivity contribution in [2.24, 2.45) is 5.92 Å². The van der Waals surface area contributed by atoms with Crippen LogP contribution >= 0.6 is 0 Å². The lowest BCUT2D eigenvalue weighted by Crippen LogP contribution is -2.61. The Morgan fingerprint density at radius 3 is 2.54 bits per heavy atom. The average Bonchev–Trinajstić information content (AvgIpc) is 2.84. The third-order valence-corrected chi connectivity index (χ3v) is 7.62. The monoisotopic (exact) mass is 541 g/mol. The second-order valence-corrected chi connectivity index (χ2v) is 11.1. The van der Waals surface area contributed by atoms with Crippen LogP contribution < -0.4 is 16.0 Å². The van der Waals surface area contributed by atoms with E-state index in [1.165, 1.54) is 0 Å². The van der Waals surface area contributed by atoms with Crippen molar-refractivity contribution in [2.45, 2.75) is 44.6 Å². The minimum Gasteiger partial charge on any atom is -0.350 e. The number of sulfonamides is 1. The van der Waals surface area contributed by atoms with Gasteiger partial charge in [0.05, 0.1) is 5.75 Å². The lowest BCUT2D eigenvalue weighted by molar-refractivity contribution is -0.131.